The highest BCUT2D eigenvalue weighted by atomic mass is 16.6. The molecule has 1 amide bonds. The van der Waals surface area contributed by atoms with Crippen molar-refractivity contribution in [3.63, 3.8) is 0 Å². The first-order chi connectivity index (χ1) is 19.9. The van der Waals surface area contributed by atoms with Crippen LogP contribution in [0.3, 0.4) is 0 Å². The maximum Gasteiger partial charge on any atom is 0.269 e. The topological polar surface area (TPSA) is 161 Å². The van der Waals surface area contributed by atoms with Crippen LogP contribution in [0.15, 0.2) is 102 Å². The van der Waals surface area contributed by atoms with Gasteiger partial charge >= 0.3 is 0 Å². The molecule has 4 aromatic carbocycles. The number of ether oxygens (including phenoxy) is 2. The van der Waals surface area contributed by atoms with Gasteiger partial charge in [0, 0.05) is 29.9 Å². The summed E-state index contributed by atoms with van der Waals surface area (Å²) >= 11 is 0. The Balaban J connectivity index is 1.56. The molecule has 5 N–H and O–H groups in total. The molecular formula is C30H29N5O6. The molecular weight excluding hydrogens is 526 g/mol. The molecule has 11 heteroatoms. The van der Waals surface area contributed by atoms with Crippen LogP contribution in [0.1, 0.15) is 28.3 Å². The molecule has 1 atom stereocenters. The van der Waals surface area contributed by atoms with Crippen LogP contribution in [0.4, 0.5) is 11.4 Å². The maximum absolute atomic E-state index is 13.5. The number of nitrogens with two attached hydrogens (primary N) is 1. The van der Waals surface area contributed by atoms with Gasteiger partial charge in [0.05, 0.1) is 12.0 Å². The molecule has 1 unspecified atom stereocenters. The number of methoxy groups -OCH3 is 1. The Hall–Kier alpha value is -5.58. The first-order valence-electron chi connectivity index (χ1n) is 12.6. The summed E-state index contributed by atoms with van der Waals surface area (Å²) in [5.74, 6) is 0.595. The molecule has 0 spiro atoms. The Morgan fingerprint density at radius 2 is 1.68 bits per heavy atom. The first kappa shape index (κ1) is 28.4. The fourth-order valence-electron chi connectivity index (χ4n) is 4.01. The zero-order chi connectivity index (χ0) is 29.2. The summed E-state index contributed by atoms with van der Waals surface area (Å²) in [7, 11) is 1.53. The van der Waals surface area contributed by atoms with Crippen molar-refractivity contribution in [1.82, 2.24) is 5.32 Å². The number of benzene rings is 4. The smallest absolute Gasteiger partial charge is 0.269 e. The third kappa shape index (κ3) is 7.51. The van der Waals surface area contributed by atoms with E-state index in [9.17, 15) is 14.9 Å². The number of nitrogens with one attached hydrogen (secondary N) is 2. The fraction of sp³-hybridized carbons (Fsp3) is 0.133. The van der Waals surface area contributed by atoms with E-state index in [1.54, 1.807) is 54.6 Å². The quantitative estimate of drug-likeness (QED) is 0.0640. The second kappa shape index (κ2) is 13.5. The van der Waals surface area contributed by atoms with Crippen molar-refractivity contribution in [2.24, 2.45) is 10.9 Å². The van der Waals surface area contributed by atoms with Crippen LogP contribution >= 0.6 is 0 Å². The molecule has 11 nitrogen and oxygen atoms in total. The van der Waals surface area contributed by atoms with Gasteiger partial charge in [-0.2, -0.15) is 0 Å². The van der Waals surface area contributed by atoms with E-state index in [1.807, 2.05) is 30.3 Å². The Bertz CT molecular complexity index is 1510. The third-order valence-corrected chi connectivity index (χ3v) is 6.23. The van der Waals surface area contributed by atoms with E-state index < -0.39 is 11.0 Å². The lowest BCUT2D eigenvalue weighted by Gasteiger charge is -2.22. The van der Waals surface area contributed by atoms with Crippen LogP contribution in [0.5, 0.6) is 11.5 Å². The number of rotatable bonds is 12. The lowest BCUT2D eigenvalue weighted by Crippen LogP contribution is -2.33. The van der Waals surface area contributed by atoms with Gasteiger partial charge in [0.2, 0.25) is 5.91 Å². The number of amidine groups is 1. The van der Waals surface area contributed by atoms with E-state index in [0.29, 0.717) is 40.5 Å². The van der Waals surface area contributed by atoms with E-state index in [-0.39, 0.29) is 24.0 Å². The Morgan fingerprint density at radius 3 is 2.32 bits per heavy atom. The molecule has 41 heavy (non-hydrogen) atoms. The second-order valence-corrected chi connectivity index (χ2v) is 8.97. The molecule has 0 bridgehead atoms. The number of hydrogen-bond donors (Lipinski definition) is 4. The molecule has 0 aliphatic rings. The average Bonchev–Trinajstić information content (AvgIpc) is 3.02. The third-order valence-electron chi connectivity index (χ3n) is 6.23. The Labute approximate surface area is 236 Å². The van der Waals surface area contributed by atoms with Crippen molar-refractivity contribution in [2.75, 3.05) is 12.4 Å². The van der Waals surface area contributed by atoms with E-state index in [1.165, 1.54) is 19.2 Å². The summed E-state index contributed by atoms with van der Waals surface area (Å²) in [5.41, 5.74) is 9.07. The highest BCUT2D eigenvalue weighted by Gasteiger charge is 2.23. The highest BCUT2D eigenvalue weighted by molar-refractivity contribution is 5.97. The molecule has 0 aliphatic carbocycles. The minimum atomic E-state index is -0.847. The van der Waals surface area contributed by atoms with Crippen molar-refractivity contribution < 1.29 is 24.4 Å². The minimum Gasteiger partial charge on any atom is -0.493 e. The summed E-state index contributed by atoms with van der Waals surface area (Å²) in [6, 6.07) is 26.8. The van der Waals surface area contributed by atoms with Gasteiger partial charge in [0.1, 0.15) is 12.6 Å². The largest absolute Gasteiger partial charge is 0.493 e. The summed E-state index contributed by atoms with van der Waals surface area (Å²) in [5, 5.41) is 29.0. The van der Waals surface area contributed by atoms with Gasteiger partial charge in [0.15, 0.2) is 17.3 Å². The lowest BCUT2D eigenvalue weighted by molar-refractivity contribution is -0.384. The molecule has 0 saturated heterocycles. The zero-order valence-electron chi connectivity index (χ0n) is 22.2. The second-order valence-electron chi connectivity index (χ2n) is 8.97. The number of non-ortho nitro benzene ring substituents is 1. The van der Waals surface area contributed by atoms with Crippen LogP contribution in [-0.2, 0) is 17.9 Å². The molecule has 0 saturated carbocycles. The number of nitro groups is 1. The first-order valence-corrected chi connectivity index (χ1v) is 12.6. The van der Waals surface area contributed by atoms with Gasteiger partial charge in [-0.15, -0.1) is 0 Å². The minimum absolute atomic E-state index is 0.0309. The summed E-state index contributed by atoms with van der Waals surface area (Å²) < 4.78 is 11.5. The van der Waals surface area contributed by atoms with E-state index >= 15 is 0 Å². The van der Waals surface area contributed by atoms with Crippen LogP contribution in [-0.4, -0.2) is 29.0 Å². The SMILES string of the molecule is COc1cc(C(Nc2ccc(/C(N)=N/O)cc2)C(=O)NCc2ccc([N+](=O)[O-])cc2)ccc1OCc1ccccc1. The number of nitro benzene ring substituents is 1. The molecule has 0 aromatic heterocycles. The van der Waals surface area contributed by atoms with Crippen LogP contribution < -0.4 is 25.8 Å². The monoisotopic (exact) mass is 555 g/mol. The number of carbonyl (C=O) groups excluding carboxylic acids is 1. The predicted molar refractivity (Wildman–Crippen MR) is 154 cm³/mol. The molecule has 0 heterocycles. The van der Waals surface area contributed by atoms with Crippen LogP contribution in [0.25, 0.3) is 0 Å². The van der Waals surface area contributed by atoms with Gasteiger partial charge in [-0.25, -0.2) is 0 Å². The van der Waals surface area contributed by atoms with Crippen LogP contribution in [0.2, 0.25) is 0 Å². The maximum atomic E-state index is 13.5. The number of nitrogens with zero attached hydrogens (tertiary/aromatic N) is 2. The van der Waals surface area contributed by atoms with Gasteiger partial charge < -0.3 is 31.0 Å². The van der Waals surface area contributed by atoms with E-state index in [0.717, 1.165) is 5.56 Å². The van der Waals surface area contributed by atoms with Gasteiger partial charge in [-0.05, 0) is 53.1 Å². The average molecular weight is 556 g/mol. The number of amides is 1. The molecule has 210 valence electrons. The van der Waals surface area contributed by atoms with Crippen molar-refractivity contribution in [1.29, 1.82) is 0 Å². The summed E-state index contributed by atoms with van der Waals surface area (Å²) in [6.07, 6.45) is 0. The Kier molecular flexibility index (Phi) is 9.34. The number of hydrogen-bond acceptors (Lipinski definition) is 8. The van der Waals surface area contributed by atoms with Crippen molar-refractivity contribution >= 4 is 23.1 Å². The van der Waals surface area contributed by atoms with Crippen LogP contribution in [0, 0.1) is 10.1 Å². The lowest BCUT2D eigenvalue weighted by atomic mass is 10.0. The Morgan fingerprint density at radius 1 is 0.976 bits per heavy atom. The molecule has 0 aliphatic heterocycles. The molecule has 0 radical (unpaired) electrons. The fourth-order valence-corrected chi connectivity index (χ4v) is 4.01. The number of carbonyl (C=O) groups is 1. The highest BCUT2D eigenvalue weighted by Crippen LogP contribution is 2.32. The molecule has 4 aromatic rings. The van der Waals surface area contributed by atoms with Gasteiger partial charge in [0.25, 0.3) is 5.69 Å². The van der Waals surface area contributed by atoms with Gasteiger partial charge in [-0.3, -0.25) is 14.9 Å². The summed E-state index contributed by atoms with van der Waals surface area (Å²) in [6.45, 7) is 0.507. The zero-order valence-corrected chi connectivity index (χ0v) is 22.2. The standard InChI is InChI=1S/C30H29N5O6/c1-40-27-17-23(11-16-26(27)41-19-21-5-3-2-4-6-21)28(33-24-12-9-22(10-13-24)29(31)34-37)30(36)32-18-20-7-14-25(15-8-20)35(38)39/h2-17,28,33,37H,18-19H2,1H3,(H2,31,34)(H,32,36). The van der Waals surface area contributed by atoms with Gasteiger partial charge in [-0.1, -0.05) is 53.7 Å². The van der Waals surface area contributed by atoms with E-state index in [4.69, 9.17) is 20.4 Å². The summed E-state index contributed by atoms with van der Waals surface area (Å²) in [4.78, 5) is 24.0. The van der Waals surface area contributed by atoms with Crippen molar-refractivity contribution in [2.45, 2.75) is 19.2 Å². The number of oxime groups is 1. The number of anilines is 1. The van der Waals surface area contributed by atoms with E-state index in [2.05, 4.69) is 15.8 Å². The normalized spacial score (nSPS) is 11.8. The molecule has 4 rings (SSSR count). The van der Waals surface area contributed by atoms with Crippen molar-refractivity contribution in [3.8, 4) is 11.5 Å². The van der Waals surface area contributed by atoms with Crippen molar-refractivity contribution in [3.05, 3.63) is 129 Å². The molecule has 0 fully saturated rings. The predicted octanol–water partition coefficient (Wildman–Crippen LogP) is 4.75.